The van der Waals surface area contributed by atoms with Crippen LogP contribution in [0.3, 0.4) is 0 Å². The van der Waals surface area contributed by atoms with E-state index in [1.807, 2.05) is 0 Å². The van der Waals surface area contributed by atoms with Crippen LogP contribution in [0.1, 0.15) is 39.0 Å². The molecule has 0 amide bonds. The fourth-order valence-electron chi connectivity index (χ4n) is 1.44. The minimum atomic E-state index is 1.14. The third kappa shape index (κ3) is 5.89. The molecule has 0 fully saturated rings. The van der Waals surface area contributed by atoms with Gasteiger partial charge in [-0.2, -0.15) is 0 Å². The Morgan fingerprint density at radius 2 is 1.33 bits per heavy atom. The van der Waals surface area contributed by atoms with Crippen molar-refractivity contribution in [3.05, 3.63) is 46.2 Å². The second-order valence-electron chi connectivity index (χ2n) is 3.78. The molecule has 0 radical (unpaired) electrons. The predicted octanol–water partition coefficient (Wildman–Crippen LogP) is 4.44. The fourth-order valence-corrected chi connectivity index (χ4v) is 1.79. The second kappa shape index (κ2) is 7.82. The summed E-state index contributed by atoms with van der Waals surface area (Å²) in [5.41, 5.74) is 1.41. The average molecular weight is 288 g/mol. The summed E-state index contributed by atoms with van der Waals surface area (Å²) < 4.78 is 1.44. The maximum atomic E-state index is 2.64. The first-order chi connectivity index (χ1) is 7.30. The molecule has 2 aliphatic carbocycles. The van der Waals surface area contributed by atoms with Gasteiger partial charge in [0.05, 0.1) is 0 Å². The van der Waals surface area contributed by atoms with Crippen LogP contribution in [-0.2, 0) is 18.3 Å². The molecule has 1 heteroatoms. The van der Waals surface area contributed by atoms with Crippen LogP contribution in [-0.4, -0.2) is 0 Å². The van der Waals surface area contributed by atoms with Crippen LogP contribution in [0.4, 0.5) is 0 Å². The molecule has 0 aromatic rings. The Bertz CT molecular complexity index is 266. The van der Waals surface area contributed by atoms with Crippen LogP contribution >= 0.6 is 0 Å². The number of hydrogen-bond donors (Lipinski definition) is 0. The summed E-state index contributed by atoms with van der Waals surface area (Å²) in [6.45, 7) is 2.13. The van der Waals surface area contributed by atoms with E-state index < -0.39 is 0 Å². The number of hydrogen-bond acceptors (Lipinski definition) is 0. The summed E-state index contributed by atoms with van der Waals surface area (Å²) in [4.78, 5) is 0. The molecular weight excluding hydrogens is 269 g/mol. The van der Waals surface area contributed by atoms with Crippen LogP contribution in [0.25, 0.3) is 0 Å². The number of rotatable bonds is 0. The summed E-state index contributed by atoms with van der Waals surface area (Å²) in [5.74, 6) is 0. The SMILES string of the molecule is C1=C\CC/C=C\CC/1.CC1=[C]([Ru])CC=C1. The average Bonchev–Trinajstić information content (AvgIpc) is 2.50. The standard InChI is InChI=1S/C8H12.C6H7.Ru/c1-2-4-6-8-7-5-3-1;1-6-4-2-3-5-6;/h1-2,7-8H,3-6H2;2,4H,3H2,1H3;/b2-1-,8-7-;;. The van der Waals surface area contributed by atoms with E-state index in [2.05, 4.69) is 61.7 Å². The van der Waals surface area contributed by atoms with Gasteiger partial charge in [0.1, 0.15) is 0 Å². The van der Waals surface area contributed by atoms with Crippen LogP contribution in [0.15, 0.2) is 46.2 Å². The molecule has 0 aliphatic heterocycles. The van der Waals surface area contributed by atoms with Gasteiger partial charge >= 0.3 is 53.5 Å². The molecule has 15 heavy (non-hydrogen) atoms. The van der Waals surface area contributed by atoms with Gasteiger partial charge in [-0.1, -0.05) is 24.3 Å². The van der Waals surface area contributed by atoms with E-state index >= 15 is 0 Å². The number of allylic oxidation sites excluding steroid dienone is 8. The second-order valence-corrected chi connectivity index (χ2v) is 4.83. The Morgan fingerprint density at radius 3 is 1.53 bits per heavy atom. The van der Waals surface area contributed by atoms with Gasteiger partial charge in [-0.05, 0) is 25.7 Å². The van der Waals surface area contributed by atoms with Crippen molar-refractivity contribution in [2.75, 3.05) is 0 Å². The first kappa shape index (κ1) is 12.7. The molecule has 0 aromatic carbocycles. The molecule has 0 saturated heterocycles. The third-order valence-corrected chi connectivity index (χ3v) is 3.45. The molecule has 0 saturated carbocycles. The van der Waals surface area contributed by atoms with Gasteiger partial charge in [0.15, 0.2) is 0 Å². The van der Waals surface area contributed by atoms with E-state index in [1.54, 1.807) is 0 Å². The minimum absolute atomic E-state index is 1.14. The molecule has 0 bridgehead atoms. The third-order valence-electron chi connectivity index (χ3n) is 2.41. The van der Waals surface area contributed by atoms with Crippen molar-refractivity contribution < 1.29 is 18.3 Å². The predicted molar refractivity (Wildman–Crippen MR) is 63.2 cm³/mol. The molecule has 2 aliphatic rings. The zero-order valence-corrected chi connectivity index (χ0v) is 11.1. The van der Waals surface area contributed by atoms with Crippen LogP contribution < -0.4 is 0 Å². The van der Waals surface area contributed by atoms with E-state index in [0.717, 1.165) is 6.42 Å². The topological polar surface area (TPSA) is 0 Å². The molecule has 2 rings (SSSR count). The first-order valence-electron chi connectivity index (χ1n) is 5.61. The van der Waals surface area contributed by atoms with Crippen molar-refractivity contribution in [3.8, 4) is 0 Å². The van der Waals surface area contributed by atoms with Crippen LogP contribution in [0, 0.1) is 0 Å². The summed E-state index contributed by atoms with van der Waals surface area (Å²) in [7, 11) is 0. The Kier molecular flexibility index (Phi) is 6.60. The Balaban J connectivity index is 0.000000151. The molecule has 0 nitrogen and oxygen atoms in total. The van der Waals surface area contributed by atoms with Crippen molar-refractivity contribution in [3.63, 3.8) is 0 Å². The summed E-state index contributed by atoms with van der Waals surface area (Å²) >= 11 is 2.64. The van der Waals surface area contributed by atoms with E-state index in [4.69, 9.17) is 0 Å². The van der Waals surface area contributed by atoms with Gasteiger partial charge in [0.25, 0.3) is 0 Å². The van der Waals surface area contributed by atoms with Crippen molar-refractivity contribution in [2.24, 2.45) is 0 Å². The maximum absolute atomic E-state index is 2.64. The fraction of sp³-hybridized carbons (Fsp3) is 0.429. The Hall–Kier alpha value is -0.417. The van der Waals surface area contributed by atoms with Gasteiger partial charge in [0.2, 0.25) is 0 Å². The van der Waals surface area contributed by atoms with Crippen molar-refractivity contribution >= 4 is 0 Å². The van der Waals surface area contributed by atoms with E-state index in [9.17, 15) is 0 Å². The molecular formula is C14H19Ru. The quantitative estimate of drug-likeness (QED) is 0.456. The van der Waals surface area contributed by atoms with Gasteiger partial charge in [0, 0.05) is 0 Å². The zero-order chi connectivity index (χ0) is 10.9. The van der Waals surface area contributed by atoms with Crippen molar-refractivity contribution in [2.45, 2.75) is 39.0 Å². The van der Waals surface area contributed by atoms with Crippen molar-refractivity contribution in [1.82, 2.24) is 0 Å². The zero-order valence-electron chi connectivity index (χ0n) is 9.35. The molecule has 0 atom stereocenters. The summed E-state index contributed by atoms with van der Waals surface area (Å²) in [5, 5.41) is 0. The van der Waals surface area contributed by atoms with Crippen LogP contribution in [0.5, 0.6) is 0 Å². The van der Waals surface area contributed by atoms with E-state index in [1.165, 1.54) is 35.4 Å². The van der Waals surface area contributed by atoms with Crippen LogP contribution in [0.2, 0.25) is 0 Å². The van der Waals surface area contributed by atoms with E-state index in [0.29, 0.717) is 0 Å². The van der Waals surface area contributed by atoms with Crippen molar-refractivity contribution in [1.29, 1.82) is 0 Å². The monoisotopic (exact) mass is 289 g/mol. The van der Waals surface area contributed by atoms with Gasteiger partial charge in [-0.25, -0.2) is 0 Å². The Morgan fingerprint density at radius 1 is 0.867 bits per heavy atom. The van der Waals surface area contributed by atoms with Gasteiger partial charge < -0.3 is 0 Å². The van der Waals surface area contributed by atoms with Gasteiger partial charge in [-0.15, -0.1) is 0 Å². The molecule has 83 valence electrons. The normalized spacial score (nSPS) is 23.9. The summed E-state index contributed by atoms with van der Waals surface area (Å²) in [6, 6.07) is 0. The molecule has 0 spiro atoms. The van der Waals surface area contributed by atoms with E-state index in [-0.39, 0.29) is 0 Å². The van der Waals surface area contributed by atoms with Gasteiger partial charge in [-0.3, -0.25) is 0 Å². The molecule has 0 unspecified atom stereocenters. The first-order valence-corrected chi connectivity index (χ1v) is 6.48. The molecule has 0 aromatic heterocycles. The molecule has 0 N–H and O–H groups in total. The summed E-state index contributed by atoms with van der Waals surface area (Å²) in [6.07, 6.45) is 19.5. The Labute approximate surface area is 104 Å². The molecule has 0 heterocycles.